The average molecular weight is 472 g/mol. The van der Waals surface area contributed by atoms with Gasteiger partial charge >= 0.3 is 5.97 Å². The summed E-state index contributed by atoms with van der Waals surface area (Å²) in [5.41, 5.74) is 5.52. The van der Waals surface area contributed by atoms with Crippen molar-refractivity contribution in [2.45, 2.75) is 168 Å². The Morgan fingerprint density at radius 2 is 1.06 bits per heavy atom. The van der Waals surface area contributed by atoms with Gasteiger partial charge < -0.3 is 15.6 Å². The Morgan fingerprint density at radius 1 is 0.636 bits per heavy atom. The second-order valence-corrected chi connectivity index (χ2v) is 9.61. The minimum Gasteiger partial charge on any atom is -0.462 e. The van der Waals surface area contributed by atoms with Gasteiger partial charge in [0.25, 0.3) is 0 Å². The van der Waals surface area contributed by atoms with Crippen molar-refractivity contribution in [2.75, 3.05) is 13.2 Å². The van der Waals surface area contributed by atoms with Gasteiger partial charge in [-0.3, -0.25) is 4.79 Å². The zero-order valence-electron chi connectivity index (χ0n) is 22.9. The van der Waals surface area contributed by atoms with Gasteiger partial charge in [-0.25, -0.2) is 0 Å². The van der Waals surface area contributed by atoms with Crippen LogP contribution < -0.4 is 5.73 Å². The Kier molecular flexibility index (Phi) is 32.9. The van der Waals surface area contributed by atoms with E-state index in [-0.39, 0.29) is 12.1 Å². The van der Waals surface area contributed by atoms with Crippen LogP contribution in [-0.2, 0) is 9.53 Å². The number of rotatable bonds is 24. The maximum atomic E-state index is 12.2. The van der Waals surface area contributed by atoms with Crippen LogP contribution in [0.1, 0.15) is 162 Å². The quantitative estimate of drug-likeness (QED) is 0.109. The molecule has 0 bridgehead atoms. The van der Waals surface area contributed by atoms with Gasteiger partial charge in [0.1, 0.15) is 6.10 Å². The number of carbonyl (C=O) groups is 1. The zero-order valence-corrected chi connectivity index (χ0v) is 22.9. The van der Waals surface area contributed by atoms with Gasteiger partial charge in [0.05, 0.1) is 0 Å². The lowest BCUT2D eigenvalue weighted by Gasteiger charge is -2.18. The second-order valence-electron chi connectivity index (χ2n) is 9.61. The molecule has 0 aliphatic rings. The normalized spacial score (nSPS) is 10.8. The fourth-order valence-corrected chi connectivity index (χ4v) is 3.91. The number of nitrogens with two attached hydrogens (primary N) is 1. The Bertz CT molecular complexity index is 345. The van der Waals surface area contributed by atoms with Gasteiger partial charge in [-0.05, 0) is 51.5 Å². The number of unbranched alkanes of at least 4 members (excludes halogenated alkanes) is 15. The van der Waals surface area contributed by atoms with E-state index in [2.05, 4.69) is 20.8 Å². The molecule has 0 aromatic rings. The molecule has 4 nitrogen and oxygen atoms in total. The Hall–Kier alpha value is -0.610. The zero-order chi connectivity index (χ0) is 24.8. The van der Waals surface area contributed by atoms with Gasteiger partial charge in [-0.15, -0.1) is 0 Å². The van der Waals surface area contributed by atoms with E-state index < -0.39 is 0 Å². The lowest BCUT2D eigenvalue weighted by molar-refractivity contribution is -0.150. The monoisotopic (exact) mass is 471 g/mol. The maximum Gasteiger partial charge on any atom is 0.306 e. The van der Waals surface area contributed by atoms with Crippen molar-refractivity contribution in [1.82, 2.24) is 0 Å². The van der Waals surface area contributed by atoms with Crippen molar-refractivity contribution in [3.63, 3.8) is 0 Å². The highest BCUT2D eigenvalue weighted by atomic mass is 16.5. The minimum atomic E-state index is 0.0285. The van der Waals surface area contributed by atoms with Crippen LogP contribution in [0, 0.1) is 0 Å². The van der Waals surface area contributed by atoms with Crippen molar-refractivity contribution >= 4 is 5.97 Å². The molecule has 0 saturated carbocycles. The molecule has 0 spiro atoms. The molecule has 0 aliphatic heterocycles. The second kappa shape index (κ2) is 31.4. The van der Waals surface area contributed by atoms with E-state index in [0.717, 1.165) is 51.5 Å². The fraction of sp³-hybridized carbons (Fsp3) is 0.966. The molecule has 0 radical (unpaired) electrons. The summed E-state index contributed by atoms with van der Waals surface area (Å²) in [4.78, 5) is 12.2. The molecule has 33 heavy (non-hydrogen) atoms. The average Bonchev–Trinajstić information content (AvgIpc) is 2.81. The molecule has 200 valence electrons. The highest BCUT2D eigenvalue weighted by Gasteiger charge is 2.14. The van der Waals surface area contributed by atoms with E-state index in [1.165, 1.54) is 89.9 Å². The molecule has 0 aliphatic carbocycles. The maximum absolute atomic E-state index is 12.2. The van der Waals surface area contributed by atoms with Gasteiger partial charge in [0.15, 0.2) is 0 Å². The number of aliphatic hydroxyl groups is 1. The summed E-state index contributed by atoms with van der Waals surface area (Å²) in [7, 11) is 0. The summed E-state index contributed by atoms with van der Waals surface area (Å²) in [5, 5.41) is 8.07. The lowest BCUT2D eigenvalue weighted by atomic mass is 10.0. The molecule has 0 fully saturated rings. The van der Waals surface area contributed by atoms with E-state index in [4.69, 9.17) is 15.6 Å². The van der Waals surface area contributed by atoms with Gasteiger partial charge in [-0.2, -0.15) is 0 Å². The van der Waals surface area contributed by atoms with E-state index in [9.17, 15) is 4.79 Å². The van der Waals surface area contributed by atoms with E-state index >= 15 is 0 Å². The summed E-state index contributed by atoms with van der Waals surface area (Å²) in [6.07, 6.45) is 26.1. The third-order valence-electron chi connectivity index (χ3n) is 6.15. The number of esters is 1. The van der Waals surface area contributed by atoms with Crippen LogP contribution in [0.3, 0.4) is 0 Å². The molecule has 0 amide bonds. The fourth-order valence-electron chi connectivity index (χ4n) is 3.91. The van der Waals surface area contributed by atoms with E-state index in [1.54, 1.807) is 0 Å². The van der Waals surface area contributed by atoms with Crippen LogP contribution in [0.2, 0.25) is 0 Å². The predicted octanol–water partition coefficient (Wildman–Crippen LogP) is 8.48. The minimum absolute atomic E-state index is 0.0285. The number of hydrogen-bond acceptors (Lipinski definition) is 4. The number of carbonyl (C=O) groups excluding carboxylic acids is 1. The first-order valence-corrected chi connectivity index (χ1v) is 14.7. The molecular weight excluding hydrogens is 410 g/mol. The largest absolute Gasteiger partial charge is 0.462 e. The topological polar surface area (TPSA) is 72.5 Å². The highest BCUT2D eigenvalue weighted by Crippen LogP contribution is 2.18. The molecule has 3 N–H and O–H groups in total. The summed E-state index contributed by atoms with van der Waals surface area (Å²) >= 11 is 0. The van der Waals surface area contributed by atoms with Gasteiger partial charge in [0.2, 0.25) is 0 Å². The standard InChI is InChI=1S/C25H51NO2.C4H10O/c1-3-5-7-9-12-16-20-24(21-17-13-10-8-6-4-2)28-25(27)22-18-14-11-15-19-23-26;1-2-3-4-5/h24H,3-23,26H2,1-2H3;5H,2-4H2,1H3. The van der Waals surface area contributed by atoms with Crippen LogP contribution in [0.5, 0.6) is 0 Å². The number of ether oxygens (including phenoxy) is 1. The summed E-state index contributed by atoms with van der Waals surface area (Å²) in [6, 6.07) is 0. The Morgan fingerprint density at radius 3 is 1.48 bits per heavy atom. The molecule has 0 unspecified atom stereocenters. The number of hydrogen-bond donors (Lipinski definition) is 2. The summed E-state index contributed by atoms with van der Waals surface area (Å²) in [6.45, 7) is 7.69. The van der Waals surface area contributed by atoms with Crippen molar-refractivity contribution in [2.24, 2.45) is 5.73 Å². The first-order chi connectivity index (χ1) is 16.2. The molecule has 0 rings (SSSR count). The number of aliphatic hydroxyl groups excluding tert-OH is 1. The highest BCUT2D eigenvalue weighted by molar-refractivity contribution is 5.69. The Labute approximate surface area is 207 Å². The first-order valence-electron chi connectivity index (χ1n) is 14.7. The predicted molar refractivity (Wildman–Crippen MR) is 145 cm³/mol. The van der Waals surface area contributed by atoms with E-state index in [0.29, 0.717) is 13.0 Å². The molecule has 0 aromatic heterocycles. The van der Waals surface area contributed by atoms with Crippen LogP contribution >= 0.6 is 0 Å². The van der Waals surface area contributed by atoms with Crippen molar-refractivity contribution < 1.29 is 14.6 Å². The van der Waals surface area contributed by atoms with Crippen molar-refractivity contribution in [3.05, 3.63) is 0 Å². The first kappa shape index (κ1) is 34.6. The molecule has 0 aromatic carbocycles. The van der Waals surface area contributed by atoms with E-state index in [1.807, 2.05) is 0 Å². The molecule has 0 heterocycles. The third-order valence-corrected chi connectivity index (χ3v) is 6.15. The van der Waals surface area contributed by atoms with Crippen molar-refractivity contribution in [3.8, 4) is 0 Å². The van der Waals surface area contributed by atoms with Crippen LogP contribution in [0.25, 0.3) is 0 Å². The molecule has 4 heteroatoms. The SMILES string of the molecule is CCCCCCCCC(CCCCCCCC)OC(=O)CCCCCCCN.CCCCO. The summed E-state index contributed by atoms with van der Waals surface area (Å²) < 4.78 is 5.87. The Balaban J connectivity index is 0. The smallest absolute Gasteiger partial charge is 0.306 e. The van der Waals surface area contributed by atoms with Crippen LogP contribution in [0.15, 0.2) is 0 Å². The van der Waals surface area contributed by atoms with Crippen molar-refractivity contribution in [1.29, 1.82) is 0 Å². The van der Waals surface area contributed by atoms with Gasteiger partial charge in [-0.1, -0.05) is 111 Å². The third kappa shape index (κ3) is 31.4. The van der Waals surface area contributed by atoms with Crippen LogP contribution in [-0.4, -0.2) is 30.3 Å². The molecular formula is C29H61NO3. The van der Waals surface area contributed by atoms with Gasteiger partial charge in [0, 0.05) is 13.0 Å². The van der Waals surface area contributed by atoms with Crippen LogP contribution in [0.4, 0.5) is 0 Å². The summed E-state index contributed by atoms with van der Waals surface area (Å²) in [5.74, 6) is 0.0285. The molecule has 0 atom stereocenters. The lowest BCUT2D eigenvalue weighted by Crippen LogP contribution is -2.18. The molecule has 0 saturated heterocycles.